The van der Waals surface area contributed by atoms with Crippen LogP contribution in [0.25, 0.3) is 21.2 Å². The lowest BCUT2D eigenvalue weighted by atomic mass is 10.1. The number of fused-ring (bicyclic) bond motifs is 1. The minimum atomic E-state index is 0.898. The molecule has 0 amide bonds. The van der Waals surface area contributed by atoms with E-state index in [1.807, 2.05) is 12.3 Å². The highest BCUT2D eigenvalue weighted by Crippen LogP contribution is 2.31. The fourth-order valence-corrected chi connectivity index (χ4v) is 3.63. The molecule has 1 N–H and O–H groups in total. The van der Waals surface area contributed by atoms with Crippen LogP contribution in [-0.2, 0) is 6.42 Å². The maximum atomic E-state index is 4.51. The van der Waals surface area contributed by atoms with Gasteiger partial charge in [-0.05, 0) is 34.4 Å². The molecule has 0 spiro atoms. The van der Waals surface area contributed by atoms with E-state index in [2.05, 4.69) is 77.0 Å². The summed E-state index contributed by atoms with van der Waals surface area (Å²) < 4.78 is 0. The van der Waals surface area contributed by atoms with Crippen molar-refractivity contribution in [3.8, 4) is 10.4 Å². The van der Waals surface area contributed by atoms with Crippen LogP contribution >= 0.6 is 11.3 Å². The van der Waals surface area contributed by atoms with Gasteiger partial charge >= 0.3 is 0 Å². The molecule has 0 radical (unpaired) electrons. The molecule has 24 heavy (non-hydrogen) atoms. The number of hydrogen-bond donors (Lipinski definition) is 1. The minimum absolute atomic E-state index is 0.898. The second kappa shape index (κ2) is 6.85. The standard InChI is InChI=1S/C21H18N2S/c1-2-6-16(7-3-1)12-13-22-21-23-15-20(24-21)19-11-10-17-8-4-5-9-18(17)14-19/h1-11,14-15H,12-13H2,(H,22,23). The van der Waals surface area contributed by atoms with Crippen molar-refractivity contribution in [3.63, 3.8) is 0 Å². The summed E-state index contributed by atoms with van der Waals surface area (Å²) >= 11 is 1.71. The first-order valence-corrected chi connectivity index (χ1v) is 8.93. The van der Waals surface area contributed by atoms with Gasteiger partial charge < -0.3 is 5.32 Å². The van der Waals surface area contributed by atoms with Crippen LogP contribution < -0.4 is 5.32 Å². The number of anilines is 1. The molecule has 0 saturated heterocycles. The zero-order valence-corrected chi connectivity index (χ0v) is 14.1. The van der Waals surface area contributed by atoms with Crippen LogP contribution in [0.15, 0.2) is 79.0 Å². The van der Waals surface area contributed by atoms with Gasteiger partial charge in [-0.15, -0.1) is 0 Å². The van der Waals surface area contributed by atoms with E-state index < -0.39 is 0 Å². The first-order chi connectivity index (χ1) is 11.9. The SMILES string of the molecule is c1ccc(CCNc2ncc(-c3ccc4ccccc4c3)s2)cc1. The fourth-order valence-electron chi connectivity index (χ4n) is 2.79. The molecule has 0 fully saturated rings. The van der Waals surface area contributed by atoms with Crippen molar-refractivity contribution in [2.45, 2.75) is 6.42 Å². The monoisotopic (exact) mass is 330 g/mol. The second-order valence-corrected chi connectivity index (χ2v) is 6.78. The molecule has 118 valence electrons. The van der Waals surface area contributed by atoms with E-state index in [1.165, 1.54) is 26.8 Å². The average Bonchev–Trinajstić information content (AvgIpc) is 3.11. The highest BCUT2D eigenvalue weighted by atomic mass is 32.1. The van der Waals surface area contributed by atoms with Gasteiger partial charge in [0.2, 0.25) is 0 Å². The molecule has 1 heterocycles. The Balaban J connectivity index is 1.45. The summed E-state index contributed by atoms with van der Waals surface area (Å²) in [7, 11) is 0. The number of nitrogens with zero attached hydrogens (tertiary/aromatic N) is 1. The molecule has 0 aliphatic carbocycles. The quantitative estimate of drug-likeness (QED) is 0.514. The van der Waals surface area contributed by atoms with E-state index in [0.717, 1.165) is 18.1 Å². The van der Waals surface area contributed by atoms with E-state index >= 15 is 0 Å². The maximum absolute atomic E-state index is 4.51. The number of rotatable bonds is 5. The zero-order chi connectivity index (χ0) is 16.2. The van der Waals surface area contributed by atoms with Gasteiger partial charge in [0.15, 0.2) is 5.13 Å². The first-order valence-electron chi connectivity index (χ1n) is 8.11. The molecule has 0 saturated carbocycles. The molecule has 4 rings (SSSR count). The molecule has 0 unspecified atom stereocenters. The lowest BCUT2D eigenvalue weighted by Gasteiger charge is -2.03. The van der Waals surface area contributed by atoms with Crippen LogP contribution in [0.1, 0.15) is 5.56 Å². The van der Waals surface area contributed by atoms with Gasteiger partial charge in [0.1, 0.15) is 0 Å². The number of aromatic nitrogens is 1. The minimum Gasteiger partial charge on any atom is -0.361 e. The van der Waals surface area contributed by atoms with Crippen molar-refractivity contribution < 1.29 is 0 Å². The molecular formula is C21H18N2S. The van der Waals surface area contributed by atoms with Gasteiger partial charge in [-0.1, -0.05) is 78.1 Å². The Hall–Kier alpha value is -2.65. The summed E-state index contributed by atoms with van der Waals surface area (Å²) in [6.45, 7) is 0.898. The summed E-state index contributed by atoms with van der Waals surface area (Å²) in [5, 5.41) is 6.94. The Labute approximate surface area is 145 Å². The lowest BCUT2D eigenvalue weighted by molar-refractivity contribution is 1.02. The normalized spacial score (nSPS) is 10.8. The van der Waals surface area contributed by atoms with E-state index in [9.17, 15) is 0 Å². The highest BCUT2D eigenvalue weighted by molar-refractivity contribution is 7.18. The van der Waals surface area contributed by atoms with Crippen molar-refractivity contribution in [1.29, 1.82) is 0 Å². The molecule has 0 aliphatic heterocycles. The fraction of sp³-hybridized carbons (Fsp3) is 0.0952. The van der Waals surface area contributed by atoms with Gasteiger partial charge in [-0.25, -0.2) is 4.98 Å². The van der Waals surface area contributed by atoms with Crippen molar-refractivity contribution >= 4 is 27.2 Å². The third-order valence-corrected chi connectivity index (χ3v) is 5.08. The zero-order valence-electron chi connectivity index (χ0n) is 13.3. The summed E-state index contributed by atoms with van der Waals surface area (Å²) in [5.74, 6) is 0. The average molecular weight is 330 g/mol. The van der Waals surface area contributed by atoms with Crippen molar-refractivity contribution in [1.82, 2.24) is 4.98 Å². The van der Waals surface area contributed by atoms with E-state index in [-0.39, 0.29) is 0 Å². The first kappa shape index (κ1) is 14.9. The third kappa shape index (κ3) is 3.31. The van der Waals surface area contributed by atoms with Crippen LogP contribution in [0.4, 0.5) is 5.13 Å². The van der Waals surface area contributed by atoms with Crippen LogP contribution in [0.3, 0.4) is 0 Å². The number of benzene rings is 3. The van der Waals surface area contributed by atoms with Crippen LogP contribution in [0.2, 0.25) is 0 Å². The molecule has 0 bridgehead atoms. The predicted octanol–water partition coefficient (Wildman–Crippen LogP) is 5.62. The summed E-state index contributed by atoms with van der Waals surface area (Å²) in [4.78, 5) is 5.71. The number of thiazole rings is 1. The van der Waals surface area contributed by atoms with E-state index in [4.69, 9.17) is 0 Å². The molecule has 0 atom stereocenters. The van der Waals surface area contributed by atoms with Crippen molar-refractivity contribution in [2.75, 3.05) is 11.9 Å². The Morgan fingerprint density at radius 1 is 0.833 bits per heavy atom. The van der Waals surface area contributed by atoms with Gasteiger partial charge in [-0.3, -0.25) is 0 Å². The predicted molar refractivity (Wildman–Crippen MR) is 104 cm³/mol. The van der Waals surface area contributed by atoms with Crippen LogP contribution in [0, 0.1) is 0 Å². The smallest absolute Gasteiger partial charge is 0.183 e. The van der Waals surface area contributed by atoms with E-state index in [1.54, 1.807) is 11.3 Å². The van der Waals surface area contributed by atoms with Crippen molar-refractivity contribution in [2.24, 2.45) is 0 Å². The molecule has 4 aromatic rings. The van der Waals surface area contributed by atoms with Gasteiger partial charge in [0, 0.05) is 12.7 Å². The molecule has 0 aliphatic rings. The Bertz CT molecular complexity index is 944. The number of hydrogen-bond acceptors (Lipinski definition) is 3. The number of nitrogens with one attached hydrogen (secondary N) is 1. The topological polar surface area (TPSA) is 24.9 Å². The maximum Gasteiger partial charge on any atom is 0.183 e. The van der Waals surface area contributed by atoms with Crippen LogP contribution in [-0.4, -0.2) is 11.5 Å². The molecule has 3 heteroatoms. The van der Waals surface area contributed by atoms with Gasteiger partial charge in [0.05, 0.1) is 4.88 Å². The summed E-state index contributed by atoms with van der Waals surface area (Å²) in [5.41, 5.74) is 2.57. The molecular weight excluding hydrogens is 312 g/mol. The Kier molecular flexibility index (Phi) is 4.26. The summed E-state index contributed by atoms with van der Waals surface area (Å²) in [6.07, 6.45) is 2.96. The Morgan fingerprint density at radius 3 is 2.50 bits per heavy atom. The van der Waals surface area contributed by atoms with Crippen molar-refractivity contribution in [3.05, 3.63) is 84.6 Å². The van der Waals surface area contributed by atoms with Crippen LogP contribution in [0.5, 0.6) is 0 Å². The highest BCUT2D eigenvalue weighted by Gasteiger charge is 2.05. The van der Waals surface area contributed by atoms with Gasteiger partial charge in [0.25, 0.3) is 0 Å². The summed E-state index contributed by atoms with van der Waals surface area (Å²) in [6, 6.07) is 25.5. The molecule has 3 aromatic carbocycles. The Morgan fingerprint density at radius 2 is 1.62 bits per heavy atom. The van der Waals surface area contributed by atoms with Gasteiger partial charge in [-0.2, -0.15) is 0 Å². The lowest BCUT2D eigenvalue weighted by Crippen LogP contribution is -2.03. The second-order valence-electron chi connectivity index (χ2n) is 5.75. The molecule has 1 aromatic heterocycles. The molecule has 2 nitrogen and oxygen atoms in total. The largest absolute Gasteiger partial charge is 0.361 e. The third-order valence-electron chi connectivity index (χ3n) is 4.07. The van der Waals surface area contributed by atoms with E-state index in [0.29, 0.717) is 0 Å².